The van der Waals surface area contributed by atoms with Gasteiger partial charge in [0.25, 0.3) is 0 Å². The van der Waals surface area contributed by atoms with Crippen molar-refractivity contribution in [3.63, 3.8) is 0 Å². The average Bonchev–Trinajstić information content (AvgIpc) is 3.11. The van der Waals surface area contributed by atoms with Crippen molar-refractivity contribution >= 4 is 24.3 Å². The molecule has 6 nitrogen and oxygen atoms in total. The highest BCUT2D eigenvalue weighted by molar-refractivity contribution is 5.85. The molecule has 0 bridgehead atoms. The van der Waals surface area contributed by atoms with Crippen molar-refractivity contribution in [1.82, 2.24) is 20.4 Å². The summed E-state index contributed by atoms with van der Waals surface area (Å²) in [6.45, 7) is 11.3. The maximum atomic E-state index is 12.9. The third-order valence-corrected chi connectivity index (χ3v) is 5.19. The summed E-state index contributed by atoms with van der Waals surface area (Å²) in [7, 11) is 0. The Labute approximate surface area is 164 Å². The minimum Gasteiger partial charge on any atom is -0.338 e. The van der Waals surface area contributed by atoms with Crippen molar-refractivity contribution < 1.29 is 9.59 Å². The number of hydrogen-bond acceptors (Lipinski definition) is 3. The number of likely N-dealkylation sites (tertiary alicyclic amines) is 1. The standard InChI is InChI=1S/C19H36N4O2.ClH/c1-4-9-23(17-7-8-20-13-17)18(24)11-16-6-5-10-22(14-16)19(25)21-12-15(2)3;/h15-17,20H,4-14H2,1-3H3,(H,21,25);1H. The molecule has 0 radical (unpaired) electrons. The van der Waals surface area contributed by atoms with Crippen molar-refractivity contribution in [2.24, 2.45) is 11.8 Å². The van der Waals surface area contributed by atoms with E-state index < -0.39 is 0 Å². The van der Waals surface area contributed by atoms with Crippen LogP contribution in [0.2, 0.25) is 0 Å². The highest BCUT2D eigenvalue weighted by atomic mass is 35.5. The fraction of sp³-hybridized carbons (Fsp3) is 0.895. The first-order valence-electron chi connectivity index (χ1n) is 10.0. The van der Waals surface area contributed by atoms with Gasteiger partial charge in [0.15, 0.2) is 0 Å². The number of piperidine rings is 1. The number of urea groups is 1. The second-order valence-corrected chi connectivity index (χ2v) is 7.97. The first-order valence-corrected chi connectivity index (χ1v) is 10.0. The van der Waals surface area contributed by atoms with Crippen LogP contribution in [0, 0.1) is 11.8 Å². The molecule has 152 valence electrons. The lowest BCUT2D eigenvalue weighted by Gasteiger charge is -2.35. The summed E-state index contributed by atoms with van der Waals surface area (Å²) in [4.78, 5) is 29.1. The number of amides is 3. The second-order valence-electron chi connectivity index (χ2n) is 7.97. The molecular formula is C19H37ClN4O2. The minimum absolute atomic E-state index is 0. The lowest BCUT2D eigenvalue weighted by atomic mass is 9.94. The molecule has 2 N–H and O–H groups in total. The van der Waals surface area contributed by atoms with Crippen molar-refractivity contribution in [3.8, 4) is 0 Å². The second kappa shape index (κ2) is 11.7. The van der Waals surface area contributed by atoms with Crippen LogP contribution in [0.5, 0.6) is 0 Å². The molecule has 2 unspecified atom stereocenters. The van der Waals surface area contributed by atoms with Crippen LogP contribution in [0.1, 0.15) is 52.9 Å². The summed E-state index contributed by atoms with van der Waals surface area (Å²) in [5, 5.41) is 6.36. The van der Waals surface area contributed by atoms with Gasteiger partial charge in [-0.1, -0.05) is 20.8 Å². The van der Waals surface area contributed by atoms with E-state index >= 15 is 0 Å². The molecular weight excluding hydrogens is 352 g/mol. The lowest BCUT2D eigenvalue weighted by Crippen LogP contribution is -2.48. The van der Waals surface area contributed by atoms with Crippen LogP contribution in [-0.4, -0.2) is 67.0 Å². The summed E-state index contributed by atoms with van der Waals surface area (Å²) >= 11 is 0. The normalized spacial score (nSPS) is 22.8. The smallest absolute Gasteiger partial charge is 0.317 e. The molecule has 7 heteroatoms. The monoisotopic (exact) mass is 388 g/mol. The Morgan fingerprint density at radius 2 is 2.08 bits per heavy atom. The van der Waals surface area contributed by atoms with E-state index in [1.54, 1.807) is 0 Å². The molecule has 2 saturated heterocycles. The Kier molecular flexibility index (Phi) is 10.3. The number of rotatable bonds is 7. The van der Waals surface area contributed by atoms with Crippen molar-refractivity contribution in [3.05, 3.63) is 0 Å². The number of hydrogen-bond donors (Lipinski definition) is 2. The maximum absolute atomic E-state index is 12.9. The van der Waals surface area contributed by atoms with Gasteiger partial charge >= 0.3 is 6.03 Å². The molecule has 0 aromatic carbocycles. The zero-order valence-corrected chi connectivity index (χ0v) is 17.4. The van der Waals surface area contributed by atoms with E-state index in [0.717, 1.165) is 51.9 Å². The first kappa shape index (κ1) is 23.0. The maximum Gasteiger partial charge on any atom is 0.317 e. The van der Waals surface area contributed by atoms with E-state index in [0.29, 0.717) is 37.4 Å². The van der Waals surface area contributed by atoms with Gasteiger partial charge in [-0.25, -0.2) is 4.79 Å². The van der Waals surface area contributed by atoms with Crippen LogP contribution in [0.4, 0.5) is 4.79 Å². The fourth-order valence-electron chi connectivity index (χ4n) is 3.84. The van der Waals surface area contributed by atoms with Gasteiger partial charge in [-0.05, 0) is 44.1 Å². The molecule has 0 aliphatic carbocycles. The number of carbonyl (C=O) groups is 2. The van der Waals surface area contributed by atoms with Gasteiger partial charge in [0.2, 0.25) is 5.91 Å². The molecule has 2 aliphatic heterocycles. The third kappa shape index (κ3) is 6.95. The Balaban J connectivity index is 0.00000338. The topological polar surface area (TPSA) is 64.7 Å². The molecule has 0 saturated carbocycles. The van der Waals surface area contributed by atoms with Gasteiger partial charge < -0.3 is 20.4 Å². The summed E-state index contributed by atoms with van der Waals surface area (Å²) < 4.78 is 0. The largest absolute Gasteiger partial charge is 0.338 e. The van der Waals surface area contributed by atoms with Gasteiger partial charge in [0.05, 0.1) is 0 Å². The molecule has 3 amide bonds. The van der Waals surface area contributed by atoms with Crippen LogP contribution in [0.3, 0.4) is 0 Å². The summed E-state index contributed by atoms with van der Waals surface area (Å²) in [5.41, 5.74) is 0. The SMILES string of the molecule is CCCN(C(=O)CC1CCCN(C(=O)NCC(C)C)C1)C1CCNC1.Cl. The number of halogens is 1. The molecule has 2 fully saturated rings. The van der Waals surface area contributed by atoms with E-state index in [1.165, 1.54) is 0 Å². The van der Waals surface area contributed by atoms with E-state index in [1.807, 2.05) is 4.90 Å². The Morgan fingerprint density at radius 3 is 2.69 bits per heavy atom. The number of carbonyl (C=O) groups excluding carboxylic acids is 2. The van der Waals surface area contributed by atoms with Gasteiger partial charge in [0, 0.05) is 45.2 Å². The average molecular weight is 389 g/mol. The molecule has 2 heterocycles. The summed E-state index contributed by atoms with van der Waals surface area (Å²) in [6, 6.07) is 0.373. The predicted octanol–water partition coefficient (Wildman–Crippen LogP) is 2.48. The number of nitrogens with one attached hydrogen (secondary N) is 2. The van der Waals surface area contributed by atoms with Crippen molar-refractivity contribution in [2.75, 3.05) is 39.3 Å². The van der Waals surface area contributed by atoms with Crippen LogP contribution in [0.15, 0.2) is 0 Å². The molecule has 2 atom stereocenters. The predicted molar refractivity (Wildman–Crippen MR) is 108 cm³/mol. The molecule has 2 rings (SSSR count). The zero-order valence-electron chi connectivity index (χ0n) is 16.6. The molecule has 0 aromatic heterocycles. The molecule has 0 spiro atoms. The van der Waals surface area contributed by atoms with Crippen molar-refractivity contribution in [1.29, 1.82) is 0 Å². The van der Waals surface area contributed by atoms with Crippen LogP contribution in [0.25, 0.3) is 0 Å². The van der Waals surface area contributed by atoms with Gasteiger partial charge in [-0.15, -0.1) is 12.4 Å². The number of nitrogens with zero attached hydrogens (tertiary/aromatic N) is 2. The Bertz CT molecular complexity index is 441. The van der Waals surface area contributed by atoms with Gasteiger partial charge in [0.1, 0.15) is 0 Å². The Hall–Kier alpha value is -1.01. The van der Waals surface area contributed by atoms with Crippen LogP contribution >= 0.6 is 12.4 Å². The van der Waals surface area contributed by atoms with E-state index in [-0.39, 0.29) is 24.3 Å². The molecule has 2 aliphatic rings. The fourth-order valence-corrected chi connectivity index (χ4v) is 3.84. The molecule has 0 aromatic rings. The Morgan fingerprint density at radius 1 is 1.31 bits per heavy atom. The van der Waals surface area contributed by atoms with Crippen LogP contribution in [-0.2, 0) is 4.79 Å². The van der Waals surface area contributed by atoms with Gasteiger partial charge in [-0.2, -0.15) is 0 Å². The van der Waals surface area contributed by atoms with E-state index in [2.05, 4.69) is 36.3 Å². The first-order chi connectivity index (χ1) is 12.0. The van der Waals surface area contributed by atoms with E-state index in [4.69, 9.17) is 0 Å². The summed E-state index contributed by atoms with van der Waals surface area (Å²) in [6.07, 6.45) is 4.66. The lowest BCUT2D eigenvalue weighted by molar-refractivity contribution is -0.134. The zero-order chi connectivity index (χ0) is 18.2. The highest BCUT2D eigenvalue weighted by Crippen LogP contribution is 2.22. The van der Waals surface area contributed by atoms with E-state index in [9.17, 15) is 9.59 Å². The van der Waals surface area contributed by atoms with Crippen molar-refractivity contribution in [2.45, 2.75) is 58.9 Å². The highest BCUT2D eigenvalue weighted by Gasteiger charge is 2.30. The molecule has 26 heavy (non-hydrogen) atoms. The quantitative estimate of drug-likeness (QED) is 0.704. The minimum atomic E-state index is 0. The third-order valence-electron chi connectivity index (χ3n) is 5.19. The van der Waals surface area contributed by atoms with Crippen LogP contribution < -0.4 is 10.6 Å². The van der Waals surface area contributed by atoms with Gasteiger partial charge in [-0.3, -0.25) is 4.79 Å². The summed E-state index contributed by atoms with van der Waals surface area (Å²) in [5.74, 6) is 1.01.